The fourth-order valence-electron chi connectivity index (χ4n) is 2.87. The van der Waals surface area contributed by atoms with Gasteiger partial charge in [0.05, 0.1) is 5.69 Å². The van der Waals surface area contributed by atoms with Crippen LogP contribution >= 0.6 is 0 Å². The molecule has 1 aliphatic heterocycles. The molecule has 0 aromatic carbocycles. The molecule has 124 valence electrons. The molecule has 1 saturated heterocycles. The molecule has 3 aromatic heterocycles. The Bertz CT molecular complexity index is 815. The van der Waals surface area contributed by atoms with Gasteiger partial charge in [0.2, 0.25) is 0 Å². The fourth-order valence-corrected chi connectivity index (χ4v) is 2.87. The first-order chi connectivity index (χ1) is 12.3. The molecule has 0 aliphatic carbocycles. The summed E-state index contributed by atoms with van der Waals surface area (Å²) in [5, 5.41) is 0. The highest BCUT2D eigenvalue weighted by Crippen LogP contribution is 2.26. The minimum Gasteiger partial charge on any atom is -0.356 e. The van der Waals surface area contributed by atoms with Gasteiger partial charge in [-0.15, -0.1) is 0 Å². The van der Waals surface area contributed by atoms with Crippen molar-refractivity contribution in [2.75, 3.05) is 18.0 Å². The van der Waals surface area contributed by atoms with Crippen LogP contribution in [0.1, 0.15) is 12.8 Å². The van der Waals surface area contributed by atoms with Crippen LogP contribution in [0.3, 0.4) is 0 Å². The van der Waals surface area contributed by atoms with E-state index in [1.165, 1.54) is 0 Å². The zero-order chi connectivity index (χ0) is 17.1. The number of rotatable bonds is 3. The molecule has 0 radical (unpaired) electrons. The molecule has 3 aromatic rings. The van der Waals surface area contributed by atoms with Crippen LogP contribution in [0.15, 0.2) is 55.1 Å². The highest BCUT2D eigenvalue weighted by Gasteiger charge is 2.19. The van der Waals surface area contributed by atoms with Crippen molar-refractivity contribution in [1.29, 1.82) is 0 Å². The third kappa shape index (κ3) is 3.38. The highest BCUT2D eigenvalue weighted by atomic mass is 16.1. The summed E-state index contributed by atoms with van der Waals surface area (Å²) < 4.78 is 0. The van der Waals surface area contributed by atoms with Gasteiger partial charge in [0.25, 0.3) is 0 Å². The molecule has 0 spiro atoms. The standard InChI is InChI=1S/C19H17N5O/c25-16-5-9-24(10-6-16)18-11-17(14-3-1-7-20-12-14)22-19(23-18)15-4-2-8-21-13-15/h1-4,7-8,11-13H,5-6,9-10H2. The number of carbonyl (C=O) groups is 1. The van der Waals surface area contributed by atoms with Crippen LogP contribution < -0.4 is 4.90 Å². The average Bonchev–Trinajstić information content (AvgIpc) is 2.69. The molecule has 4 heterocycles. The molecule has 0 atom stereocenters. The van der Waals surface area contributed by atoms with Gasteiger partial charge in [-0.05, 0) is 24.3 Å². The number of hydrogen-bond acceptors (Lipinski definition) is 6. The molecular formula is C19H17N5O. The van der Waals surface area contributed by atoms with E-state index < -0.39 is 0 Å². The summed E-state index contributed by atoms with van der Waals surface area (Å²) >= 11 is 0. The summed E-state index contributed by atoms with van der Waals surface area (Å²) in [6.07, 6.45) is 8.14. The van der Waals surface area contributed by atoms with Crippen molar-refractivity contribution >= 4 is 11.6 Å². The van der Waals surface area contributed by atoms with Gasteiger partial charge in [0.15, 0.2) is 5.82 Å². The van der Waals surface area contributed by atoms with E-state index in [0.29, 0.717) is 37.5 Å². The predicted molar refractivity (Wildman–Crippen MR) is 94.9 cm³/mol. The number of pyridine rings is 2. The van der Waals surface area contributed by atoms with E-state index in [2.05, 4.69) is 14.9 Å². The van der Waals surface area contributed by atoms with Gasteiger partial charge in [-0.1, -0.05) is 0 Å². The van der Waals surface area contributed by atoms with Gasteiger partial charge in [0, 0.05) is 67.9 Å². The molecule has 0 amide bonds. The number of anilines is 1. The first-order valence-corrected chi connectivity index (χ1v) is 8.26. The minimum absolute atomic E-state index is 0.310. The van der Waals surface area contributed by atoms with Crippen LogP contribution in [0.2, 0.25) is 0 Å². The maximum Gasteiger partial charge on any atom is 0.163 e. The van der Waals surface area contributed by atoms with Crippen molar-refractivity contribution in [2.24, 2.45) is 0 Å². The second kappa shape index (κ2) is 6.76. The summed E-state index contributed by atoms with van der Waals surface area (Å²) in [6.45, 7) is 1.38. The number of aromatic nitrogens is 4. The number of hydrogen-bond donors (Lipinski definition) is 0. The summed E-state index contributed by atoms with van der Waals surface area (Å²) in [7, 11) is 0. The Hall–Kier alpha value is -3.15. The summed E-state index contributed by atoms with van der Waals surface area (Å²) in [5.41, 5.74) is 2.61. The molecule has 1 fully saturated rings. The monoisotopic (exact) mass is 331 g/mol. The quantitative estimate of drug-likeness (QED) is 0.735. The van der Waals surface area contributed by atoms with Gasteiger partial charge in [-0.3, -0.25) is 14.8 Å². The van der Waals surface area contributed by atoms with Crippen LogP contribution in [-0.4, -0.2) is 38.8 Å². The van der Waals surface area contributed by atoms with Crippen molar-refractivity contribution in [1.82, 2.24) is 19.9 Å². The largest absolute Gasteiger partial charge is 0.356 e. The molecule has 0 unspecified atom stereocenters. The Balaban J connectivity index is 1.79. The third-order valence-electron chi connectivity index (χ3n) is 4.23. The average molecular weight is 331 g/mol. The number of ketones is 1. The second-order valence-electron chi connectivity index (χ2n) is 5.94. The van der Waals surface area contributed by atoms with E-state index in [1.807, 2.05) is 30.3 Å². The Labute approximate surface area is 145 Å². The van der Waals surface area contributed by atoms with E-state index in [9.17, 15) is 4.79 Å². The van der Waals surface area contributed by atoms with E-state index in [4.69, 9.17) is 9.97 Å². The predicted octanol–water partition coefficient (Wildman–Crippen LogP) is 2.77. The Morgan fingerprint density at radius 1 is 0.880 bits per heavy atom. The highest BCUT2D eigenvalue weighted by molar-refractivity contribution is 5.81. The van der Waals surface area contributed by atoms with Gasteiger partial charge in [0.1, 0.15) is 11.6 Å². The van der Waals surface area contributed by atoms with E-state index in [0.717, 1.165) is 22.6 Å². The first-order valence-electron chi connectivity index (χ1n) is 8.26. The van der Waals surface area contributed by atoms with Crippen molar-refractivity contribution in [2.45, 2.75) is 12.8 Å². The lowest BCUT2D eigenvalue weighted by molar-refractivity contribution is -0.119. The van der Waals surface area contributed by atoms with Crippen LogP contribution in [0, 0.1) is 0 Å². The number of piperidine rings is 1. The summed E-state index contributed by atoms with van der Waals surface area (Å²) in [5.74, 6) is 1.77. The molecular weight excluding hydrogens is 314 g/mol. The van der Waals surface area contributed by atoms with Crippen LogP contribution in [-0.2, 0) is 4.79 Å². The van der Waals surface area contributed by atoms with Crippen molar-refractivity contribution < 1.29 is 4.79 Å². The topological polar surface area (TPSA) is 71.9 Å². The number of nitrogens with zero attached hydrogens (tertiary/aromatic N) is 5. The second-order valence-corrected chi connectivity index (χ2v) is 5.94. The van der Waals surface area contributed by atoms with Gasteiger partial charge < -0.3 is 4.90 Å². The number of Topliss-reactive ketones (excluding diaryl/α,β-unsaturated/α-hetero) is 1. The van der Waals surface area contributed by atoms with Gasteiger partial charge >= 0.3 is 0 Å². The lowest BCUT2D eigenvalue weighted by atomic mass is 10.1. The lowest BCUT2D eigenvalue weighted by Crippen LogP contribution is -2.34. The minimum atomic E-state index is 0.310. The molecule has 0 N–H and O–H groups in total. The number of carbonyl (C=O) groups excluding carboxylic acids is 1. The lowest BCUT2D eigenvalue weighted by Gasteiger charge is -2.27. The van der Waals surface area contributed by atoms with Gasteiger partial charge in [-0.2, -0.15) is 0 Å². The van der Waals surface area contributed by atoms with E-state index in [-0.39, 0.29) is 0 Å². The first kappa shape index (κ1) is 15.4. The van der Waals surface area contributed by atoms with Crippen molar-refractivity contribution in [3.63, 3.8) is 0 Å². The summed E-state index contributed by atoms with van der Waals surface area (Å²) in [6, 6.07) is 9.65. The molecule has 0 saturated carbocycles. The molecule has 25 heavy (non-hydrogen) atoms. The molecule has 4 rings (SSSR count). The van der Waals surface area contributed by atoms with Crippen molar-refractivity contribution in [3.05, 3.63) is 55.1 Å². The smallest absolute Gasteiger partial charge is 0.163 e. The Morgan fingerprint density at radius 2 is 1.56 bits per heavy atom. The Morgan fingerprint density at radius 3 is 2.20 bits per heavy atom. The zero-order valence-corrected chi connectivity index (χ0v) is 13.7. The maximum atomic E-state index is 11.5. The van der Waals surface area contributed by atoms with Crippen LogP contribution in [0.25, 0.3) is 22.6 Å². The van der Waals surface area contributed by atoms with Crippen LogP contribution in [0.5, 0.6) is 0 Å². The maximum absolute atomic E-state index is 11.5. The normalized spacial score (nSPS) is 14.6. The van der Waals surface area contributed by atoms with E-state index >= 15 is 0 Å². The molecule has 1 aliphatic rings. The zero-order valence-electron chi connectivity index (χ0n) is 13.7. The van der Waals surface area contributed by atoms with Crippen LogP contribution in [0.4, 0.5) is 5.82 Å². The Kier molecular flexibility index (Phi) is 4.16. The van der Waals surface area contributed by atoms with E-state index in [1.54, 1.807) is 24.8 Å². The third-order valence-corrected chi connectivity index (χ3v) is 4.23. The molecule has 0 bridgehead atoms. The molecule has 6 heteroatoms. The summed E-state index contributed by atoms with van der Waals surface area (Å²) in [4.78, 5) is 31.5. The van der Waals surface area contributed by atoms with Crippen molar-refractivity contribution in [3.8, 4) is 22.6 Å². The fraction of sp³-hybridized carbons (Fsp3) is 0.211. The van der Waals surface area contributed by atoms with Gasteiger partial charge in [-0.25, -0.2) is 9.97 Å². The molecule has 6 nitrogen and oxygen atoms in total. The SMILES string of the molecule is O=C1CCN(c2cc(-c3cccnc3)nc(-c3cccnc3)n2)CC1.